The van der Waals surface area contributed by atoms with Gasteiger partial charge in [-0.05, 0) is 65.6 Å². The normalized spacial score (nSPS) is 14.6. The maximum absolute atomic E-state index is 14.5. The van der Waals surface area contributed by atoms with Gasteiger partial charge in [-0.1, -0.05) is 91.0 Å². The second kappa shape index (κ2) is 17.3. The molecule has 5 aromatic rings. The van der Waals surface area contributed by atoms with E-state index in [-0.39, 0.29) is 36.2 Å². The molecule has 0 aromatic heterocycles. The number of aryl methyl sites for hydroxylation is 2. The zero-order chi connectivity index (χ0) is 38.2. The lowest BCUT2D eigenvalue weighted by atomic mass is 9.99. The van der Waals surface area contributed by atoms with Crippen molar-refractivity contribution in [3.63, 3.8) is 0 Å². The van der Waals surface area contributed by atoms with E-state index in [0.717, 1.165) is 53.7 Å². The molecule has 11 nitrogen and oxygen atoms in total. The SMILES string of the molecule is N=C(NC(=O)OCc1ccccc1)c1ccc(CCC(=O)N2CCCc3cc(N(CCN4CCOCC4)S(=O)(=O)c4cccc5ccccc45)ccc32)cc1. The number of fused-ring (bicyclic) bond motifs is 2. The molecule has 0 spiro atoms. The highest BCUT2D eigenvalue weighted by atomic mass is 32.2. The number of anilines is 2. The van der Waals surface area contributed by atoms with E-state index in [4.69, 9.17) is 14.9 Å². The number of carbonyl (C=O) groups excluding carboxylic acids is 2. The molecule has 7 rings (SSSR count). The van der Waals surface area contributed by atoms with Crippen LogP contribution in [0.25, 0.3) is 10.8 Å². The van der Waals surface area contributed by atoms with Crippen molar-refractivity contribution < 1.29 is 27.5 Å². The quantitative estimate of drug-likeness (QED) is 0.109. The number of alkyl carbamates (subject to hydrolysis) is 1. The van der Waals surface area contributed by atoms with Crippen molar-refractivity contribution in [1.82, 2.24) is 10.2 Å². The number of sulfonamides is 1. The van der Waals surface area contributed by atoms with Gasteiger partial charge < -0.3 is 14.4 Å². The molecule has 1 saturated heterocycles. The summed E-state index contributed by atoms with van der Waals surface area (Å²) in [5, 5.41) is 12.3. The molecule has 0 saturated carbocycles. The van der Waals surface area contributed by atoms with Gasteiger partial charge in [0.1, 0.15) is 12.4 Å². The number of ether oxygens (including phenoxy) is 2. The highest BCUT2D eigenvalue weighted by Crippen LogP contribution is 2.35. The average molecular weight is 760 g/mol. The van der Waals surface area contributed by atoms with Gasteiger partial charge in [0, 0.05) is 55.8 Å². The number of amidine groups is 1. The highest BCUT2D eigenvalue weighted by Gasteiger charge is 2.30. The Balaban J connectivity index is 1.02. The van der Waals surface area contributed by atoms with E-state index < -0.39 is 16.1 Å². The first-order valence-corrected chi connectivity index (χ1v) is 20.1. The van der Waals surface area contributed by atoms with Crippen molar-refractivity contribution >= 4 is 50.0 Å². The Labute approximate surface area is 322 Å². The van der Waals surface area contributed by atoms with Gasteiger partial charge in [0.05, 0.1) is 23.8 Å². The molecule has 0 unspecified atom stereocenters. The van der Waals surface area contributed by atoms with Crippen LogP contribution in [-0.4, -0.2) is 77.1 Å². The Morgan fingerprint density at radius 2 is 1.58 bits per heavy atom. The van der Waals surface area contributed by atoms with Crippen molar-refractivity contribution in [3.05, 3.63) is 138 Å². The summed E-state index contributed by atoms with van der Waals surface area (Å²) in [5.41, 5.74) is 4.64. The fourth-order valence-electron chi connectivity index (χ4n) is 7.14. The molecular weight excluding hydrogens is 715 g/mol. The molecule has 2 heterocycles. The van der Waals surface area contributed by atoms with E-state index in [9.17, 15) is 18.0 Å². The molecule has 5 aromatic carbocycles. The number of nitrogens with one attached hydrogen (secondary N) is 2. The lowest BCUT2D eigenvalue weighted by molar-refractivity contribution is -0.118. The van der Waals surface area contributed by atoms with Crippen LogP contribution in [0.5, 0.6) is 0 Å². The first kappa shape index (κ1) is 37.7. The van der Waals surface area contributed by atoms with Gasteiger partial charge in [-0.25, -0.2) is 13.2 Å². The summed E-state index contributed by atoms with van der Waals surface area (Å²) in [6.45, 7) is 4.29. The van der Waals surface area contributed by atoms with Crippen LogP contribution in [0.2, 0.25) is 0 Å². The minimum Gasteiger partial charge on any atom is -0.444 e. The van der Waals surface area contributed by atoms with Crippen molar-refractivity contribution in [3.8, 4) is 0 Å². The van der Waals surface area contributed by atoms with Crippen LogP contribution in [-0.2, 0) is 43.7 Å². The van der Waals surface area contributed by atoms with Crippen molar-refractivity contribution in [2.45, 2.75) is 37.2 Å². The zero-order valence-corrected chi connectivity index (χ0v) is 31.5. The zero-order valence-electron chi connectivity index (χ0n) is 30.7. The monoisotopic (exact) mass is 759 g/mol. The molecule has 2 aliphatic rings. The second-order valence-corrected chi connectivity index (χ2v) is 15.6. The van der Waals surface area contributed by atoms with Gasteiger partial charge in [-0.2, -0.15) is 0 Å². The lowest BCUT2D eigenvalue weighted by Crippen LogP contribution is -2.43. The van der Waals surface area contributed by atoms with Gasteiger partial charge in [0.2, 0.25) is 5.91 Å². The van der Waals surface area contributed by atoms with Crippen LogP contribution in [0, 0.1) is 5.41 Å². The smallest absolute Gasteiger partial charge is 0.413 e. The van der Waals surface area contributed by atoms with Crippen LogP contribution in [0.4, 0.5) is 16.2 Å². The number of amides is 2. The first-order valence-electron chi connectivity index (χ1n) is 18.7. The van der Waals surface area contributed by atoms with Crippen molar-refractivity contribution in [1.29, 1.82) is 5.41 Å². The number of morpholine rings is 1. The number of nitrogens with zero attached hydrogens (tertiary/aromatic N) is 3. The number of benzene rings is 5. The summed E-state index contributed by atoms with van der Waals surface area (Å²) >= 11 is 0. The molecule has 284 valence electrons. The minimum absolute atomic E-state index is 0.0131. The molecule has 2 N–H and O–H groups in total. The third-order valence-corrected chi connectivity index (χ3v) is 12.0. The van der Waals surface area contributed by atoms with Gasteiger partial charge in [0.25, 0.3) is 10.0 Å². The minimum atomic E-state index is -3.95. The Morgan fingerprint density at radius 3 is 2.38 bits per heavy atom. The van der Waals surface area contributed by atoms with Crippen molar-refractivity contribution in [2.24, 2.45) is 0 Å². The van der Waals surface area contributed by atoms with Crippen LogP contribution in [0.3, 0.4) is 0 Å². The largest absolute Gasteiger partial charge is 0.444 e. The third-order valence-electron chi connectivity index (χ3n) is 10.1. The second-order valence-electron chi connectivity index (χ2n) is 13.7. The van der Waals surface area contributed by atoms with Crippen LogP contribution >= 0.6 is 0 Å². The lowest BCUT2D eigenvalue weighted by Gasteiger charge is -2.33. The van der Waals surface area contributed by atoms with Gasteiger partial charge in [-0.15, -0.1) is 0 Å². The summed E-state index contributed by atoms with van der Waals surface area (Å²) < 4.78 is 41.4. The standard InChI is InChI=1S/C43H45N5O6S/c44-42(45-43(50)54-31-33-8-2-1-3-9-33)35-18-15-32(16-19-35)17-22-41(49)47-23-7-12-36-30-37(20-21-39(36)47)48(25-24-46-26-28-53-29-27-46)55(51,52)40-14-6-11-34-10-4-5-13-38(34)40/h1-6,8-11,13-16,18-21,30H,7,12,17,22-29,31H2,(H2,44,45,50). The summed E-state index contributed by atoms with van der Waals surface area (Å²) in [7, 11) is -3.95. The van der Waals surface area contributed by atoms with Gasteiger partial charge in [0.15, 0.2) is 0 Å². The van der Waals surface area contributed by atoms with Crippen molar-refractivity contribution in [2.75, 3.05) is 55.1 Å². The Hall–Kier alpha value is -5.56. The maximum Gasteiger partial charge on any atom is 0.413 e. The topological polar surface area (TPSA) is 132 Å². The van der Waals surface area contributed by atoms with E-state index >= 15 is 0 Å². The summed E-state index contributed by atoms with van der Waals surface area (Å²) in [5.74, 6) is -0.0875. The molecule has 1 fully saturated rings. The number of hydrogen-bond acceptors (Lipinski definition) is 8. The van der Waals surface area contributed by atoms with Crippen LogP contribution in [0.15, 0.2) is 120 Å². The Kier molecular flexibility index (Phi) is 11.9. The van der Waals surface area contributed by atoms with E-state index in [0.29, 0.717) is 49.4 Å². The number of carbonyl (C=O) groups is 2. The fraction of sp³-hybridized carbons (Fsp3) is 0.279. The first-order chi connectivity index (χ1) is 26.8. The van der Waals surface area contributed by atoms with Crippen LogP contribution in [0.1, 0.15) is 35.1 Å². The van der Waals surface area contributed by atoms with E-state index in [1.807, 2.05) is 95.9 Å². The summed E-state index contributed by atoms with van der Waals surface area (Å²) in [6.07, 6.45) is 1.58. The van der Waals surface area contributed by atoms with Gasteiger partial charge >= 0.3 is 6.09 Å². The van der Waals surface area contributed by atoms with Gasteiger partial charge in [-0.3, -0.25) is 24.7 Å². The predicted octanol–water partition coefficient (Wildman–Crippen LogP) is 6.53. The maximum atomic E-state index is 14.5. The number of hydrogen-bond donors (Lipinski definition) is 2. The molecule has 0 bridgehead atoms. The Bertz CT molecular complexity index is 2250. The summed E-state index contributed by atoms with van der Waals surface area (Å²) in [6, 6.07) is 35.1. The van der Waals surface area contributed by atoms with E-state index in [1.165, 1.54) is 4.31 Å². The number of rotatable bonds is 12. The molecule has 2 amide bonds. The molecule has 12 heteroatoms. The summed E-state index contributed by atoms with van der Waals surface area (Å²) in [4.78, 5) is 30.2. The molecule has 0 radical (unpaired) electrons. The highest BCUT2D eigenvalue weighted by molar-refractivity contribution is 7.93. The third kappa shape index (κ3) is 9.05. The molecule has 2 aliphatic heterocycles. The molecular formula is C43H45N5O6S. The van der Waals surface area contributed by atoms with E-state index in [2.05, 4.69) is 10.2 Å². The predicted molar refractivity (Wildman–Crippen MR) is 214 cm³/mol. The Morgan fingerprint density at radius 1 is 0.836 bits per heavy atom. The molecule has 0 aliphatic carbocycles. The molecule has 55 heavy (non-hydrogen) atoms. The molecule has 0 atom stereocenters. The fourth-order valence-corrected chi connectivity index (χ4v) is 8.80. The van der Waals surface area contributed by atoms with Crippen LogP contribution < -0.4 is 14.5 Å². The van der Waals surface area contributed by atoms with E-state index in [1.54, 1.807) is 24.3 Å². The average Bonchev–Trinajstić information content (AvgIpc) is 3.22.